The standard InChI is InChI=1S/C23H24N2O4/c1-14-5-10-18-17(13-14)21(27)19-20(15-6-8-16(26)9-7-15)25(12-4-11-24(2)3)23(28)22(19)29-18/h5-10,13,20,26H,4,11-12H2,1-3H3/t20-/m0/s1. The molecule has 3 aromatic rings. The van der Waals surface area contributed by atoms with Gasteiger partial charge in [0.2, 0.25) is 5.76 Å². The summed E-state index contributed by atoms with van der Waals surface area (Å²) < 4.78 is 5.93. The van der Waals surface area contributed by atoms with Gasteiger partial charge in [-0.05, 0) is 63.8 Å². The van der Waals surface area contributed by atoms with Gasteiger partial charge in [0.25, 0.3) is 5.91 Å². The van der Waals surface area contributed by atoms with E-state index in [1.165, 1.54) is 0 Å². The zero-order chi connectivity index (χ0) is 20.7. The normalized spacial score (nSPS) is 16.1. The molecule has 6 nitrogen and oxygen atoms in total. The molecular weight excluding hydrogens is 368 g/mol. The summed E-state index contributed by atoms with van der Waals surface area (Å²) in [7, 11) is 3.97. The van der Waals surface area contributed by atoms with Crippen LogP contribution in [0.4, 0.5) is 0 Å². The molecule has 1 aromatic heterocycles. The van der Waals surface area contributed by atoms with Gasteiger partial charge in [-0.3, -0.25) is 9.59 Å². The second-order valence-electron chi connectivity index (χ2n) is 7.82. The molecule has 0 aliphatic carbocycles. The molecule has 1 atom stereocenters. The Morgan fingerprint density at radius 1 is 1.10 bits per heavy atom. The first-order valence-corrected chi connectivity index (χ1v) is 9.69. The summed E-state index contributed by atoms with van der Waals surface area (Å²) in [6.45, 7) is 3.24. The van der Waals surface area contributed by atoms with E-state index in [9.17, 15) is 14.7 Å². The Hall–Kier alpha value is -3.12. The summed E-state index contributed by atoms with van der Waals surface area (Å²) in [5.41, 5.74) is 2.36. The molecule has 0 spiro atoms. The minimum Gasteiger partial charge on any atom is -0.508 e. The number of aromatic hydroxyl groups is 1. The first-order valence-electron chi connectivity index (χ1n) is 9.69. The number of carbonyl (C=O) groups excluding carboxylic acids is 1. The Labute approximate surface area is 169 Å². The fraction of sp³-hybridized carbons (Fsp3) is 0.304. The highest BCUT2D eigenvalue weighted by atomic mass is 16.3. The fourth-order valence-corrected chi connectivity index (χ4v) is 3.93. The smallest absolute Gasteiger partial charge is 0.290 e. The van der Waals surface area contributed by atoms with E-state index >= 15 is 0 Å². The van der Waals surface area contributed by atoms with Crippen LogP contribution < -0.4 is 5.43 Å². The van der Waals surface area contributed by atoms with Crippen molar-refractivity contribution in [2.75, 3.05) is 27.2 Å². The lowest BCUT2D eigenvalue weighted by Crippen LogP contribution is -2.32. The molecule has 1 aliphatic heterocycles. The van der Waals surface area contributed by atoms with Crippen LogP contribution in [0.15, 0.2) is 51.7 Å². The molecule has 2 aromatic carbocycles. The lowest BCUT2D eigenvalue weighted by atomic mass is 9.98. The summed E-state index contributed by atoms with van der Waals surface area (Å²) in [6, 6.07) is 11.5. The number of fused-ring (bicyclic) bond motifs is 2. The summed E-state index contributed by atoms with van der Waals surface area (Å²) in [5, 5.41) is 10.2. The number of rotatable bonds is 5. The van der Waals surface area contributed by atoms with E-state index in [1.54, 1.807) is 41.3 Å². The van der Waals surface area contributed by atoms with Crippen molar-refractivity contribution in [3.63, 3.8) is 0 Å². The third-order valence-corrected chi connectivity index (χ3v) is 5.33. The van der Waals surface area contributed by atoms with Crippen LogP contribution >= 0.6 is 0 Å². The van der Waals surface area contributed by atoms with Gasteiger partial charge in [0, 0.05) is 6.54 Å². The van der Waals surface area contributed by atoms with Gasteiger partial charge >= 0.3 is 0 Å². The summed E-state index contributed by atoms with van der Waals surface area (Å²) in [6.07, 6.45) is 0.772. The second kappa shape index (κ2) is 7.37. The van der Waals surface area contributed by atoms with E-state index in [4.69, 9.17) is 4.42 Å². The van der Waals surface area contributed by atoms with Crippen molar-refractivity contribution in [1.29, 1.82) is 0 Å². The van der Waals surface area contributed by atoms with Crippen LogP contribution in [0, 0.1) is 6.92 Å². The van der Waals surface area contributed by atoms with Crippen LogP contribution in [0.3, 0.4) is 0 Å². The highest BCUT2D eigenvalue weighted by Crippen LogP contribution is 2.38. The number of aryl methyl sites for hydroxylation is 1. The zero-order valence-electron chi connectivity index (χ0n) is 16.8. The monoisotopic (exact) mass is 392 g/mol. The lowest BCUT2D eigenvalue weighted by Gasteiger charge is -2.25. The van der Waals surface area contributed by atoms with Crippen molar-refractivity contribution in [3.8, 4) is 5.75 Å². The number of benzene rings is 2. The van der Waals surface area contributed by atoms with Crippen molar-refractivity contribution < 1.29 is 14.3 Å². The van der Waals surface area contributed by atoms with Crippen molar-refractivity contribution in [1.82, 2.24) is 9.80 Å². The van der Waals surface area contributed by atoms with Crippen LogP contribution in [-0.2, 0) is 0 Å². The third kappa shape index (κ3) is 3.40. The van der Waals surface area contributed by atoms with E-state index in [0.717, 1.165) is 24.1 Å². The Morgan fingerprint density at radius 2 is 1.83 bits per heavy atom. The molecule has 2 heterocycles. The second-order valence-corrected chi connectivity index (χ2v) is 7.82. The van der Waals surface area contributed by atoms with Gasteiger partial charge in [0.05, 0.1) is 17.0 Å². The average molecular weight is 392 g/mol. The largest absolute Gasteiger partial charge is 0.508 e. The maximum absolute atomic E-state index is 13.4. The molecule has 1 amide bonds. The number of hydrogen-bond acceptors (Lipinski definition) is 5. The molecule has 1 N–H and O–H groups in total. The van der Waals surface area contributed by atoms with Crippen molar-refractivity contribution in [2.45, 2.75) is 19.4 Å². The Balaban J connectivity index is 1.88. The van der Waals surface area contributed by atoms with Crippen LogP contribution in [0.5, 0.6) is 5.75 Å². The van der Waals surface area contributed by atoms with Crippen molar-refractivity contribution in [2.24, 2.45) is 0 Å². The van der Waals surface area contributed by atoms with Gasteiger partial charge in [-0.2, -0.15) is 0 Å². The topological polar surface area (TPSA) is 74.0 Å². The predicted octanol–water partition coefficient (Wildman–Crippen LogP) is 3.30. The first kappa shape index (κ1) is 19.2. The lowest BCUT2D eigenvalue weighted by molar-refractivity contribution is 0.0722. The zero-order valence-corrected chi connectivity index (χ0v) is 16.8. The van der Waals surface area contributed by atoms with Gasteiger partial charge in [0.1, 0.15) is 11.3 Å². The van der Waals surface area contributed by atoms with E-state index in [-0.39, 0.29) is 22.8 Å². The minimum atomic E-state index is -0.526. The minimum absolute atomic E-state index is 0.120. The predicted molar refractivity (Wildman–Crippen MR) is 111 cm³/mol. The molecule has 0 bridgehead atoms. The molecule has 1 aliphatic rings. The quantitative estimate of drug-likeness (QED) is 0.721. The number of nitrogens with zero attached hydrogens (tertiary/aromatic N) is 2. The molecule has 0 radical (unpaired) electrons. The number of phenolic OH excluding ortho intramolecular Hbond substituents is 1. The Morgan fingerprint density at radius 3 is 2.52 bits per heavy atom. The highest BCUT2D eigenvalue weighted by molar-refractivity contribution is 5.99. The van der Waals surface area contributed by atoms with Crippen LogP contribution in [-0.4, -0.2) is 48.0 Å². The van der Waals surface area contributed by atoms with Gasteiger partial charge in [-0.25, -0.2) is 0 Å². The fourth-order valence-electron chi connectivity index (χ4n) is 3.93. The van der Waals surface area contributed by atoms with Gasteiger partial charge in [0.15, 0.2) is 5.43 Å². The summed E-state index contributed by atoms with van der Waals surface area (Å²) >= 11 is 0. The van der Waals surface area contributed by atoms with Crippen LogP contribution in [0.2, 0.25) is 0 Å². The molecule has 4 rings (SSSR count). The van der Waals surface area contributed by atoms with E-state index in [2.05, 4.69) is 4.90 Å². The summed E-state index contributed by atoms with van der Waals surface area (Å²) in [5.74, 6) is -0.00990. The molecule has 0 saturated carbocycles. The number of hydrogen-bond donors (Lipinski definition) is 1. The average Bonchev–Trinajstić information content (AvgIpc) is 2.95. The Bertz CT molecular complexity index is 1130. The maximum atomic E-state index is 13.4. The molecule has 0 fully saturated rings. The third-order valence-electron chi connectivity index (χ3n) is 5.33. The van der Waals surface area contributed by atoms with Gasteiger partial charge < -0.3 is 19.3 Å². The van der Waals surface area contributed by atoms with E-state index in [1.807, 2.05) is 27.1 Å². The van der Waals surface area contributed by atoms with Gasteiger partial charge in [-0.1, -0.05) is 23.8 Å². The maximum Gasteiger partial charge on any atom is 0.290 e. The Kier molecular flexibility index (Phi) is 4.88. The molecule has 6 heteroatoms. The number of phenols is 1. The van der Waals surface area contributed by atoms with Crippen LogP contribution in [0.1, 0.15) is 39.7 Å². The van der Waals surface area contributed by atoms with E-state index < -0.39 is 6.04 Å². The molecule has 150 valence electrons. The SMILES string of the molecule is Cc1ccc2oc3c(c(=O)c2c1)[C@H](c1ccc(O)cc1)N(CCCN(C)C)C3=O. The first-order chi connectivity index (χ1) is 13.9. The van der Waals surface area contributed by atoms with E-state index in [0.29, 0.717) is 23.1 Å². The van der Waals surface area contributed by atoms with Crippen molar-refractivity contribution in [3.05, 3.63) is 75.1 Å². The summed E-state index contributed by atoms with van der Waals surface area (Å²) in [4.78, 5) is 30.4. The van der Waals surface area contributed by atoms with Gasteiger partial charge in [-0.15, -0.1) is 0 Å². The molecular formula is C23H24N2O4. The molecule has 29 heavy (non-hydrogen) atoms. The molecule has 0 saturated heterocycles. The van der Waals surface area contributed by atoms with Crippen molar-refractivity contribution >= 4 is 16.9 Å². The molecule has 0 unspecified atom stereocenters. The highest BCUT2D eigenvalue weighted by Gasteiger charge is 2.42. The number of amides is 1. The number of carbonyl (C=O) groups is 1. The van der Waals surface area contributed by atoms with Crippen LogP contribution in [0.25, 0.3) is 11.0 Å².